The monoisotopic (exact) mass is 363 g/mol. The molecule has 3 N–H and O–H groups in total. The van der Waals surface area contributed by atoms with Gasteiger partial charge in [-0.05, 0) is 32.9 Å². The van der Waals surface area contributed by atoms with Crippen molar-refractivity contribution in [2.24, 2.45) is 0 Å². The highest BCUT2D eigenvalue weighted by atomic mass is 16.5. The fourth-order valence-electron chi connectivity index (χ4n) is 3.15. The fourth-order valence-corrected chi connectivity index (χ4v) is 3.15. The third kappa shape index (κ3) is 5.62. The molecule has 1 saturated heterocycles. The van der Waals surface area contributed by atoms with Crippen LogP contribution in [0.15, 0.2) is 24.3 Å². The number of benzene rings is 1. The summed E-state index contributed by atoms with van der Waals surface area (Å²) in [6, 6.07) is 7.58. The average molecular weight is 363 g/mol. The van der Waals surface area contributed by atoms with Crippen LogP contribution in [0.2, 0.25) is 0 Å². The molecule has 1 aromatic carbocycles. The van der Waals surface area contributed by atoms with Gasteiger partial charge in [-0.2, -0.15) is 0 Å². The number of piperazine rings is 1. The van der Waals surface area contributed by atoms with Gasteiger partial charge in [-0.15, -0.1) is 0 Å². The van der Waals surface area contributed by atoms with Crippen LogP contribution < -0.4 is 25.2 Å². The first-order chi connectivity index (χ1) is 12.5. The maximum absolute atomic E-state index is 12.2. The number of nitrogens with one attached hydrogen (secondary N) is 3. The molecular weight excluding hydrogens is 332 g/mol. The molecule has 2 rings (SSSR count). The first kappa shape index (κ1) is 20.0. The van der Waals surface area contributed by atoms with E-state index in [0.29, 0.717) is 19.7 Å². The fraction of sp³-hybridized carbons (Fsp3) is 0.579. The third-order valence-corrected chi connectivity index (χ3v) is 4.51. The summed E-state index contributed by atoms with van der Waals surface area (Å²) in [6.07, 6.45) is 0. The lowest BCUT2D eigenvalue weighted by atomic mass is 10.2. The van der Waals surface area contributed by atoms with Gasteiger partial charge >= 0.3 is 0 Å². The number of quaternary nitrogens is 1. The number of hydrogen-bond donors (Lipinski definition) is 3. The minimum absolute atomic E-state index is 0.0816. The lowest BCUT2D eigenvalue weighted by Gasteiger charge is -2.34. The molecule has 0 aliphatic carbocycles. The molecule has 1 aliphatic rings. The van der Waals surface area contributed by atoms with Crippen LogP contribution in [0.3, 0.4) is 0 Å². The number of carbonyl (C=O) groups excluding carboxylic acids is 2. The van der Waals surface area contributed by atoms with Crippen molar-refractivity contribution in [1.29, 1.82) is 0 Å². The summed E-state index contributed by atoms with van der Waals surface area (Å²) >= 11 is 0. The lowest BCUT2D eigenvalue weighted by Crippen LogP contribution is -3.16. The standard InChI is InChI=1S/C19H30N4O3/c1-4-20-19(25)15(3)21-18(24)14-22-10-12-23(13-11-22)16-8-6-7-9-17(16)26-5-2/h6-9,15H,4-5,10-14H2,1-3H3,(H,20,25)(H,21,24)/p+1/t15-/m1/s1. The second-order valence-electron chi connectivity index (χ2n) is 6.50. The summed E-state index contributed by atoms with van der Waals surface area (Å²) < 4.78 is 5.72. The van der Waals surface area contributed by atoms with Gasteiger partial charge in [-0.25, -0.2) is 0 Å². The third-order valence-electron chi connectivity index (χ3n) is 4.51. The molecule has 1 atom stereocenters. The second-order valence-corrected chi connectivity index (χ2v) is 6.50. The van der Waals surface area contributed by atoms with E-state index in [-0.39, 0.29) is 11.8 Å². The summed E-state index contributed by atoms with van der Waals surface area (Å²) in [7, 11) is 0. The molecule has 26 heavy (non-hydrogen) atoms. The number of amides is 2. The highest BCUT2D eigenvalue weighted by Gasteiger charge is 2.25. The Morgan fingerprint density at radius 3 is 2.58 bits per heavy atom. The molecule has 0 saturated carbocycles. The highest BCUT2D eigenvalue weighted by molar-refractivity contribution is 5.87. The zero-order chi connectivity index (χ0) is 18.9. The largest absolute Gasteiger partial charge is 0.492 e. The number of para-hydroxylation sites is 2. The van der Waals surface area contributed by atoms with Gasteiger partial charge in [0.25, 0.3) is 5.91 Å². The van der Waals surface area contributed by atoms with Crippen LogP contribution in [0.5, 0.6) is 5.75 Å². The summed E-state index contributed by atoms with van der Waals surface area (Å²) in [5.41, 5.74) is 1.11. The molecule has 1 heterocycles. The molecule has 1 aliphatic heterocycles. The number of hydrogen-bond acceptors (Lipinski definition) is 4. The van der Waals surface area contributed by atoms with E-state index in [9.17, 15) is 9.59 Å². The van der Waals surface area contributed by atoms with Gasteiger partial charge in [0.2, 0.25) is 5.91 Å². The summed E-state index contributed by atoms with van der Waals surface area (Å²) in [6.45, 7) is 10.7. The van der Waals surface area contributed by atoms with Gasteiger partial charge in [0.05, 0.1) is 38.5 Å². The number of rotatable bonds is 8. The minimum atomic E-state index is -0.499. The number of nitrogens with zero attached hydrogens (tertiary/aromatic N) is 1. The van der Waals surface area contributed by atoms with Crippen LogP contribution in [-0.2, 0) is 9.59 Å². The molecule has 0 bridgehead atoms. The molecule has 0 unspecified atom stereocenters. The van der Waals surface area contributed by atoms with E-state index in [1.807, 2.05) is 32.0 Å². The predicted molar refractivity (Wildman–Crippen MR) is 102 cm³/mol. The number of likely N-dealkylation sites (N-methyl/N-ethyl adjacent to an activating group) is 1. The number of ether oxygens (including phenoxy) is 1. The van der Waals surface area contributed by atoms with E-state index in [0.717, 1.165) is 37.6 Å². The molecule has 0 radical (unpaired) electrons. The smallest absolute Gasteiger partial charge is 0.275 e. The molecule has 1 aromatic rings. The molecule has 7 nitrogen and oxygen atoms in total. The molecule has 2 amide bonds. The van der Waals surface area contributed by atoms with E-state index in [1.165, 1.54) is 4.90 Å². The van der Waals surface area contributed by atoms with Crippen molar-refractivity contribution in [2.45, 2.75) is 26.8 Å². The Hall–Kier alpha value is -2.28. The van der Waals surface area contributed by atoms with E-state index < -0.39 is 6.04 Å². The van der Waals surface area contributed by atoms with Crippen molar-refractivity contribution >= 4 is 17.5 Å². The number of anilines is 1. The molecular formula is C19H31N4O3+. The Balaban J connectivity index is 1.81. The Kier molecular flexibility index (Phi) is 7.72. The van der Waals surface area contributed by atoms with Gasteiger partial charge in [-0.1, -0.05) is 12.1 Å². The van der Waals surface area contributed by atoms with Crippen LogP contribution in [0.4, 0.5) is 5.69 Å². The summed E-state index contributed by atoms with van der Waals surface area (Å²) in [5, 5.41) is 5.49. The lowest BCUT2D eigenvalue weighted by molar-refractivity contribution is -0.892. The SMILES string of the molecule is CCNC(=O)[C@@H](C)NC(=O)C[NH+]1CCN(c2ccccc2OCC)CC1. The summed E-state index contributed by atoms with van der Waals surface area (Å²) in [5.74, 6) is 0.682. The zero-order valence-corrected chi connectivity index (χ0v) is 16.0. The van der Waals surface area contributed by atoms with Gasteiger partial charge in [0.15, 0.2) is 6.54 Å². The topological polar surface area (TPSA) is 75.1 Å². The van der Waals surface area contributed by atoms with Crippen LogP contribution in [0.25, 0.3) is 0 Å². The van der Waals surface area contributed by atoms with Gasteiger partial charge in [0, 0.05) is 6.54 Å². The maximum Gasteiger partial charge on any atom is 0.275 e. The average Bonchev–Trinajstić information content (AvgIpc) is 2.63. The second kappa shape index (κ2) is 10.0. The van der Waals surface area contributed by atoms with Crippen LogP contribution in [0.1, 0.15) is 20.8 Å². The molecule has 0 spiro atoms. The normalized spacial score (nSPS) is 16.0. The first-order valence-electron chi connectivity index (χ1n) is 9.42. The predicted octanol–water partition coefficient (Wildman–Crippen LogP) is -0.569. The van der Waals surface area contributed by atoms with Gasteiger partial charge < -0.3 is 25.2 Å². The number of carbonyl (C=O) groups is 2. The van der Waals surface area contributed by atoms with Crippen molar-refractivity contribution < 1.29 is 19.2 Å². The minimum Gasteiger partial charge on any atom is -0.492 e. The molecule has 144 valence electrons. The van der Waals surface area contributed by atoms with Crippen LogP contribution in [-0.4, -0.2) is 63.7 Å². The van der Waals surface area contributed by atoms with E-state index >= 15 is 0 Å². The highest BCUT2D eigenvalue weighted by Crippen LogP contribution is 2.27. The van der Waals surface area contributed by atoms with Crippen molar-refractivity contribution in [3.8, 4) is 5.75 Å². The Morgan fingerprint density at radius 2 is 1.92 bits per heavy atom. The van der Waals surface area contributed by atoms with E-state index in [1.54, 1.807) is 6.92 Å². The van der Waals surface area contributed by atoms with Crippen molar-refractivity contribution in [3.05, 3.63) is 24.3 Å². The van der Waals surface area contributed by atoms with E-state index in [2.05, 4.69) is 21.6 Å². The van der Waals surface area contributed by atoms with Gasteiger partial charge in [-0.3, -0.25) is 9.59 Å². The molecule has 1 fully saturated rings. The Labute approximate surface area is 155 Å². The Morgan fingerprint density at radius 1 is 1.23 bits per heavy atom. The van der Waals surface area contributed by atoms with E-state index in [4.69, 9.17) is 4.74 Å². The zero-order valence-electron chi connectivity index (χ0n) is 16.0. The molecule has 0 aromatic heterocycles. The van der Waals surface area contributed by atoms with Crippen molar-refractivity contribution in [1.82, 2.24) is 10.6 Å². The maximum atomic E-state index is 12.2. The van der Waals surface area contributed by atoms with Gasteiger partial charge in [0.1, 0.15) is 11.8 Å². The summed E-state index contributed by atoms with van der Waals surface area (Å²) in [4.78, 5) is 27.4. The first-order valence-corrected chi connectivity index (χ1v) is 9.42. The molecule has 7 heteroatoms. The Bertz CT molecular complexity index is 600. The van der Waals surface area contributed by atoms with Crippen molar-refractivity contribution in [2.75, 3.05) is 50.8 Å². The quantitative estimate of drug-likeness (QED) is 0.578. The van der Waals surface area contributed by atoms with Crippen LogP contribution >= 0.6 is 0 Å². The van der Waals surface area contributed by atoms with Crippen LogP contribution in [0, 0.1) is 0 Å². The van der Waals surface area contributed by atoms with Crippen molar-refractivity contribution in [3.63, 3.8) is 0 Å².